The van der Waals surface area contributed by atoms with Crippen molar-refractivity contribution < 1.29 is 34.0 Å². The van der Waals surface area contributed by atoms with E-state index in [1.54, 1.807) is 18.2 Å². The molecule has 44 heavy (non-hydrogen) atoms. The van der Waals surface area contributed by atoms with Crippen molar-refractivity contribution in [2.75, 3.05) is 26.7 Å². The van der Waals surface area contributed by atoms with Crippen molar-refractivity contribution in [1.82, 2.24) is 4.90 Å². The van der Waals surface area contributed by atoms with E-state index in [-0.39, 0.29) is 34.2 Å². The molecule has 4 aromatic carbocycles. The number of hydrogen-bond acceptors (Lipinski definition) is 7. The summed E-state index contributed by atoms with van der Waals surface area (Å²) < 4.78 is 17.8. The number of rotatable bonds is 9. The number of ketones is 2. The highest BCUT2D eigenvalue weighted by atomic mass is 35.5. The third kappa shape index (κ3) is 8.44. The predicted octanol–water partition coefficient (Wildman–Crippen LogP) is 6.76. The van der Waals surface area contributed by atoms with E-state index in [9.17, 15) is 29.3 Å². The normalized spacial score (nSPS) is 14.3. The molecular weight excluding hydrogens is 585 g/mol. The van der Waals surface area contributed by atoms with Crippen LogP contribution in [0, 0.1) is 5.82 Å². The van der Waals surface area contributed by atoms with Crippen LogP contribution in [0.5, 0.6) is 17.2 Å². The molecule has 1 aliphatic heterocycles. The van der Waals surface area contributed by atoms with Gasteiger partial charge in [-0.15, -0.1) is 0 Å². The van der Waals surface area contributed by atoms with Crippen LogP contribution < -0.4 is 4.74 Å². The Morgan fingerprint density at radius 3 is 2.14 bits per heavy atom. The molecule has 5 rings (SSSR count). The number of Topliss-reactive ketones (excluding diaryl/α,β-unsaturated/α-hetero) is 1. The topological polar surface area (TPSA) is 107 Å². The number of carbonyl (C=O) groups is 2. The van der Waals surface area contributed by atoms with Gasteiger partial charge in [0.05, 0.1) is 23.8 Å². The number of carbonyl (C=O) groups excluding carboxylic acids is 2. The summed E-state index contributed by atoms with van der Waals surface area (Å²) in [6.45, 7) is 2.41. The van der Waals surface area contributed by atoms with Crippen molar-refractivity contribution in [3.05, 3.63) is 124 Å². The molecule has 3 N–H and O–H groups in total. The van der Waals surface area contributed by atoms with E-state index in [2.05, 4.69) is 4.90 Å². The Morgan fingerprint density at radius 2 is 1.52 bits per heavy atom. The Labute approximate surface area is 261 Å². The summed E-state index contributed by atoms with van der Waals surface area (Å²) in [6.07, 6.45) is 2.54. The molecule has 230 valence electrons. The zero-order chi connectivity index (χ0) is 31.7. The molecule has 0 aliphatic carbocycles. The number of likely N-dealkylation sites (tertiary alicyclic amines) is 1. The Kier molecular flexibility index (Phi) is 11.1. The number of phenolic OH excluding ortho intramolecular Hbond substituents is 2. The van der Waals surface area contributed by atoms with Crippen molar-refractivity contribution in [3.8, 4) is 17.2 Å². The Morgan fingerprint density at radius 1 is 0.886 bits per heavy atom. The molecule has 0 saturated carbocycles. The predicted molar refractivity (Wildman–Crippen MR) is 167 cm³/mol. The first-order chi connectivity index (χ1) is 21.1. The molecule has 1 fully saturated rings. The molecule has 9 heteroatoms. The van der Waals surface area contributed by atoms with E-state index in [0.29, 0.717) is 35.6 Å². The minimum absolute atomic E-state index is 0.0414. The first kappa shape index (κ1) is 32.7. The number of aliphatic hydroxyl groups is 1. The summed E-state index contributed by atoms with van der Waals surface area (Å²) in [5.41, 5.74) is 0.941. The van der Waals surface area contributed by atoms with Crippen LogP contribution in [-0.2, 0) is 5.60 Å². The molecule has 7 nitrogen and oxygen atoms in total. The summed E-state index contributed by atoms with van der Waals surface area (Å²) in [5.74, 6) is -0.558. The van der Waals surface area contributed by atoms with Crippen molar-refractivity contribution >= 4 is 23.2 Å². The van der Waals surface area contributed by atoms with Gasteiger partial charge < -0.3 is 25.0 Å². The van der Waals surface area contributed by atoms with Gasteiger partial charge in [0.25, 0.3) is 0 Å². The van der Waals surface area contributed by atoms with Crippen LogP contribution in [0.2, 0.25) is 5.02 Å². The van der Waals surface area contributed by atoms with Gasteiger partial charge in [-0.05, 0) is 92.0 Å². The number of ether oxygens (including phenoxy) is 1. The number of phenols is 2. The smallest absolute Gasteiger partial charge is 0.200 e. The molecule has 0 atom stereocenters. The summed E-state index contributed by atoms with van der Waals surface area (Å²) in [5, 5.41) is 30.9. The van der Waals surface area contributed by atoms with E-state index in [0.717, 1.165) is 31.6 Å². The van der Waals surface area contributed by atoms with Gasteiger partial charge in [0.2, 0.25) is 0 Å². The number of halogens is 2. The second kappa shape index (κ2) is 15.0. The first-order valence-corrected chi connectivity index (χ1v) is 14.7. The lowest BCUT2D eigenvalue weighted by Gasteiger charge is -2.38. The van der Waals surface area contributed by atoms with Gasteiger partial charge in [0.1, 0.15) is 23.1 Å². The summed E-state index contributed by atoms with van der Waals surface area (Å²) in [4.78, 5) is 26.5. The fourth-order valence-corrected chi connectivity index (χ4v) is 5.21. The van der Waals surface area contributed by atoms with Crippen LogP contribution in [0.1, 0.15) is 57.5 Å². The maximum atomic E-state index is 12.9. The molecule has 0 unspecified atom stereocenters. The monoisotopic (exact) mass is 619 g/mol. The van der Waals surface area contributed by atoms with Gasteiger partial charge >= 0.3 is 0 Å². The zero-order valence-electron chi connectivity index (χ0n) is 24.4. The fourth-order valence-electron chi connectivity index (χ4n) is 5.08. The van der Waals surface area contributed by atoms with E-state index in [1.807, 2.05) is 24.3 Å². The van der Waals surface area contributed by atoms with E-state index in [4.69, 9.17) is 16.3 Å². The van der Waals surface area contributed by atoms with Crippen molar-refractivity contribution in [1.29, 1.82) is 0 Å². The van der Waals surface area contributed by atoms with Crippen LogP contribution in [0.25, 0.3) is 0 Å². The van der Waals surface area contributed by atoms with Crippen molar-refractivity contribution in [3.63, 3.8) is 0 Å². The average molecular weight is 620 g/mol. The van der Waals surface area contributed by atoms with Gasteiger partial charge in [-0.2, -0.15) is 0 Å². The van der Waals surface area contributed by atoms with Crippen LogP contribution in [0.15, 0.2) is 91.0 Å². The van der Waals surface area contributed by atoms with Crippen LogP contribution >= 0.6 is 11.6 Å². The van der Waals surface area contributed by atoms with E-state index < -0.39 is 11.4 Å². The van der Waals surface area contributed by atoms with Gasteiger partial charge in [-0.1, -0.05) is 35.9 Å². The second-order valence-corrected chi connectivity index (χ2v) is 11.1. The molecule has 1 heterocycles. The number of methoxy groups -OCH3 is 1. The summed E-state index contributed by atoms with van der Waals surface area (Å²) >= 11 is 5.92. The Balaban J connectivity index is 0.000000215. The minimum Gasteiger partial charge on any atom is -0.507 e. The van der Waals surface area contributed by atoms with Crippen LogP contribution in [0.3, 0.4) is 0 Å². The molecule has 1 aliphatic rings. The van der Waals surface area contributed by atoms with Gasteiger partial charge in [0, 0.05) is 36.2 Å². The largest absolute Gasteiger partial charge is 0.507 e. The molecular formula is C35H35ClFNO6. The maximum absolute atomic E-state index is 12.9. The van der Waals surface area contributed by atoms with E-state index in [1.165, 1.54) is 55.6 Å². The van der Waals surface area contributed by atoms with Crippen molar-refractivity contribution in [2.24, 2.45) is 0 Å². The second-order valence-electron chi connectivity index (χ2n) is 10.6. The first-order valence-electron chi connectivity index (χ1n) is 14.3. The third-order valence-electron chi connectivity index (χ3n) is 7.71. The van der Waals surface area contributed by atoms with E-state index >= 15 is 0 Å². The number of hydrogen-bond donors (Lipinski definition) is 3. The minimum atomic E-state index is -0.801. The average Bonchev–Trinajstić information content (AvgIpc) is 3.03. The number of piperidine rings is 1. The van der Waals surface area contributed by atoms with Gasteiger partial charge in [-0.3, -0.25) is 9.59 Å². The quantitative estimate of drug-likeness (QED) is 0.178. The Hall–Kier alpha value is -4.24. The lowest BCUT2D eigenvalue weighted by Crippen LogP contribution is -2.42. The number of para-hydroxylation sites is 1. The number of aromatic hydroxyl groups is 2. The Bertz CT molecular complexity index is 1570. The van der Waals surface area contributed by atoms with Gasteiger partial charge in [-0.25, -0.2) is 4.39 Å². The third-order valence-corrected chi connectivity index (χ3v) is 7.96. The lowest BCUT2D eigenvalue weighted by atomic mass is 9.84. The highest BCUT2D eigenvalue weighted by Gasteiger charge is 2.33. The molecule has 4 aromatic rings. The highest BCUT2D eigenvalue weighted by molar-refractivity contribution is 6.30. The molecule has 0 aromatic heterocycles. The highest BCUT2D eigenvalue weighted by Crippen LogP contribution is 2.33. The zero-order valence-corrected chi connectivity index (χ0v) is 25.1. The molecule has 0 spiro atoms. The van der Waals surface area contributed by atoms with Gasteiger partial charge in [0.15, 0.2) is 11.6 Å². The molecule has 0 amide bonds. The standard InChI is InChI=1S/C21H23ClFNO2.C14H12O4/c22-18-7-5-17(6-8-18)21(26)11-14-24(15-12-21)13-1-2-20(25)16-3-9-19(23)10-4-16;1-18-9-6-7-11(13(16)8-9)14(17)10-4-2-3-5-12(10)15/h3-10,26H,1-2,11-15H2;2-8,15-16H,1H3. The fraction of sp³-hybridized carbons (Fsp3) is 0.257. The summed E-state index contributed by atoms with van der Waals surface area (Å²) in [6, 6.07) is 23.7. The molecule has 0 bridgehead atoms. The maximum Gasteiger partial charge on any atom is 0.200 e. The lowest BCUT2D eigenvalue weighted by molar-refractivity contribution is -0.0260. The summed E-state index contributed by atoms with van der Waals surface area (Å²) in [7, 11) is 1.47. The number of nitrogens with zero attached hydrogens (tertiary/aromatic N) is 1. The molecule has 0 radical (unpaired) electrons. The van der Waals surface area contributed by atoms with Crippen molar-refractivity contribution in [2.45, 2.75) is 31.3 Å². The van der Waals surface area contributed by atoms with Crippen LogP contribution in [0.4, 0.5) is 4.39 Å². The van der Waals surface area contributed by atoms with Crippen LogP contribution in [-0.4, -0.2) is 58.5 Å². The molecule has 1 saturated heterocycles. The number of benzene rings is 4. The SMILES string of the molecule is COc1ccc(C(=O)c2ccccc2O)c(O)c1.O=C(CCCN1CCC(O)(c2ccc(Cl)cc2)CC1)c1ccc(F)cc1.